The molecule has 0 fully saturated rings. The Morgan fingerprint density at radius 1 is 1.03 bits per heavy atom. The fraction of sp³-hybridized carbons (Fsp3) is 0.231. The molecule has 1 atom stereocenters. The predicted octanol–water partition coefficient (Wildman–Crippen LogP) is 5.59. The van der Waals surface area contributed by atoms with Crippen molar-refractivity contribution in [2.75, 3.05) is 7.11 Å². The minimum atomic E-state index is -0.933. The molecule has 0 aromatic heterocycles. The van der Waals surface area contributed by atoms with Gasteiger partial charge in [0, 0.05) is 11.6 Å². The Bertz CT molecular complexity index is 1120. The Morgan fingerprint density at radius 3 is 2.45 bits per heavy atom. The van der Waals surface area contributed by atoms with Gasteiger partial charge in [0.1, 0.15) is 5.75 Å². The van der Waals surface area contributed by atoms with E-state index in [1.54, 1.807) is 25.3 Å². The van der Waals surface area contributed by atoms with Gasteiger partial charge >= 0.3 is 12.0 Å². The van der Waals surface area contributed by atoms with Gasteiger partial charge < -0.3 is 20.5 Å². The van der Waals surface area contributed by atoms with Gasteiger partial charge in [-0.2, -0.15) is 0 Å². The van der Waals surface area contributed by atoms with Crippen molar-refractivity contribution >= 4 is 23.6 Å². The Morgan fingerprint density at radius 2 is 1.79 bits per heavy atom. The smallest absolute Gasteiger partial charge is 0.315 e. The number of urea groups is 1. The molecule has 1 unspecified atom stereocenters. The van der Waals surface area contributed by atoms with Gasteiger partial charge in [-0.15, -0.1) is 0 Å². The molecule has 0 bridgehead atoms. The van der Waals surface area contributed by atoms with Crippen molar-refractivity contribution in [1.29, 1.82) is 0 Å². The quantitative estimate of drug-likeness (QED) is 0.383. The molecule has 0 saturated heterocycles. The number of carbonyl (C=O) groups is 2. The zero-order valence-corrected chi connectivity index (χ0v) is 19.4. The topological polar surface area (TPSA) is 87.7 Å². The van der Waals surface area contributed by atoms with E-state index in [1.165, 1.54) is 0 Å². The third kappa shape index (κ3) is 6.73. The van der Waals surface area contributed by atoms with Crippen molar-refractivity contribution in [1.82, 2.24) is 10.6 Å². The molecule has 6 nitrogen and oxygen atoms in total. The standard InChI is InChI=1S/C26H27ClN2O4/c1-3-24(29-26(32)28-16-17-7-5-4-6-8-17)22-10-9-21(33-2)15-23(22)19-11-18(13-25(30)31)12-20(27)14-19/h4-12,14-15,24H,3,13,16H2,1-2H3,(H,30,31)(H2,28,29,32). The highest BCUT2D eigenvalue weighted by Crippen LogP contribution is 2.35. The summed E-state index contributed by atoms with van der Waals surface area (Å²) in [6, 6.07) is 20.0. The first-order valence-electron chi connectivity index (χ1n) is 10.7. The fourth-order valence-electron chi connectivity index (χ4n) is 3.69. The maximum Gasteiger partial charge on any atom is 0.315 e. The summed E-state index contributed by atoms with van der Waals surface area (Å²) in [6.07, 6.45) is 0.519. The first-order valence-corrected chi connectivity index (χ1v) is 11.0. The number of ether oxygens (including phenoxy) is 1. The van der Waals surface area contributed by atoms with Crippen LogP contribution in [0.25, 0.3) is 11.1 Å². The molecule has 3 aromatic carbocycles. The molecule has 7 heteroatoms. The van der Waals surface area contributed by atoms with E-state index < -0.39 is 5.97 Å². The SMILES string of the molecule is CCC(NC(=O)NCc1ccccc1)c1ccc(OC)cc1-c1cc(Cl)cc(CC(=O)O)c1. The lowest BCUT2D eigenvalue weighted by Crippen LogP contribution is -2.37. The number of carboxylic acid groups (broad SMARTS) is 1. The van der Waals surface area contributed by atoms with Crippen molar-refractivity contribution < 1.29 is 19.4 Å². The molecule has 0 aliphatic rings. The summed E-state index contributed by atoms with van der Waals surface area (Å²) in [5.74, 6) is -0.283. The number of nitrogens with one attached hydrogen (secondary N) is 2. The minimum absolute atomic E-state index is 0.135. The van der Waals surface area contributed by atoms with Gasteiger partial charge in [0.05, 0.1) is 19.6 Å². The monoisotopic (exact) mass is 466 g/mol. The zero-order chi connectivity index (χ0) is 23.8. The Kier molecular flexibility index (Phi) is 8.33. The van der Waals surface area contributed by atoms with Crippen molar-refractivity contribution in [3.05, 3.63) is 88.4 Å². The molecule has 3 rings (SSSR count). The number of hydrogen-bond acceptors (Lipinski definition) is 3. The van der Waals surface area contributed by atoms with Crippen molar-refractivity contribution in [2.24, 2.45) is 0 Å². The molecule has 3 aromatic rings. The van der Waals surface area contributed by atoms with Crippen LogP contribution in [0, 0.1) is 0 Å². The van der Waals surface area contributed by atoms with E-state index in [9.17, 15) is 14.7 Å². The highest BCUT2D eigenvalue weighted by Gasteiger charge is 2.19. The zero-order valence-electron chi connectivity index (χ0n) is 18.6. The van der Waals surface area contributed by atoms with Gasteiger partial charge in [0.25, 0.3) is 0 Å². The summed E-state index contributed by atoms with van der Waals surface area (Å²) in [7, 11) is 1.58. The Hall–Kier alpha value is -3.51. The average molecular weight is 467 g/mol. The molecule has 0 saturated carbocycles. The molecule has 0 aliphatic carbocycles. The molecule has 3 N–H and O–H groups in total. The van der Waals surface area contributed by atoms with Crippen LogP contribution in [-0.4, -0.2) is 24.2 Å². The second-order valence-electron chi connectivity index (χ2n) is 7.65. The van der Waals surface area contributed by atoms with Crippen LogP contribution in [0.5, 0.6) is 5.75 Å². The number of carbonyl (C=O) groups excluding carboxylic acids is 1. The highest BCUT2D eigenvalue weighted by molar-refractivity contribution is 6.31. The lowest BCUT2D eigenvalue weighted by Gasteiger charge is -2.22. The number of aliphatic carboxylic acids is 1. The van der Waals surface area contributed by atoms with E-state index in [4.69, 9.17) is 16.3 Å². The lowest BCUT2D eigenvalue weighted by atomic mass is 9.92. The summed E-state index contributed by atoms with van der Waals surface area (Å²) in [6.45, 7) is 2.41. The fourth-order valence-corrected chi connectivity index (χ4v) is 3.94. The van der Waals surface area contributed by atoms with Crippen LogP contribution in [0.2, 0.25) is 5.02 Å². The summed E-state index contributed by atoms with van der Waals surface area (Å²) < 4.78 is 5.41. The van der Waals surface area contributed by atoms with Gasteiger partial charge in [-0.3, -0.25) is 4.79 Å². The average Bonchev–Trinajstić information content (AvgIpc) is 2.80. The third-order valence-corrected chi connectivity index (χ3v) is 5.49. The number of methoxy groups -OCH3 is 1. The molecule has 33 heavy (non-hydrogen) atoms. The molecule has 172 valence electrons. The lowest BCUT2D eigenvalue weighted by molar-refractivity contribution is -0.136. The number of carboxylic acids is 1. The molecular weight excluding hydrogens is 440 g/mol. The summed E-state index contributed by atoms with van der Waals surface area (Å²) in [5.41, 5.74) is 4.07. The number of halogens is 1. The molecule has 2 amide bonds. The first kappa shape index (κ1) is 24.1. The first-order chi connectivity index (χ1) is 15.9. The van der Waals surface area contributed by atoms with E-state index in [0.29, 0.717) is 29.3 Å². The summed E-state index contributed by atoms with van der Waals surface area (Å²) in [5, 5.41) is 15.6. The molecule has 0 spiro atoms. The number of benzene rings is 3. The third-order valence-electron chi connectivity index (χ3n) is 5.27. The van der Waals surface area contributed by atoms with Gasteiger partial charge in [0.2, 0.25) is 0 Å². The van der Waals surface area contributed by atoms with E-state index >= 15 is 0 Å². The Balaban J connectivity index is 1.89. The minimum Gasteiger partial charge on any atom is -0.497 e. The number of amides is 2. The van der Waals surface area contributed by atoms with Crippen LogP contribution in [-0.2, 0) is 17.8 Å². The van der Waals surface area contributed by atoms with Crippen molar-refractivity contribution in [3.8, 4) is 16.9 Å². The van der Waals surface area contributed by atoms with Crippen LogP contribution in [0.15, 0.2) is 66.7 Å². The number of hydrogen-bond donors (Lipinski definition) is 3. The van der Waals surface area contributed by atoms with Gasteiger partial charge in [0.15, 0.2) is 0 Å². The second-order valence-corrected chi connectivity index (χ2v) is 8.08. The van der Waals surface area contributed by atoms with Crippen LogP contribution >= 0.6 is 11.6 Å². The van der Waals surface area contributed by atoms with E-state index in [1.807, 2.05) is 55.5 Å². The van der Waals surface area contributed by atoms with Crippen LogP contribution < -0.4 is 15.4 Å². The number of rotatable bonds is 9. The molecular formula is C26H27ClN2O4. The van der Waals surface area contributed by atoms with Crippen molar-refractivity contribution in [3.63, 3.8) is 0 Å². The largest absolute Gasteiger partial charge is 0.497 e. The van der Waals surface area contributed by atoms with Crippen LogP contribution in [0.3, 0.4) is 0 Å². The van der Waals surface area contributed by atoms with Crippen LogP contribution in [0.1, 0.15) is 36.1 Å². The van der Waals surface area contributed by atoms with Gasteiger partial charge in [-0.05, 0) is 58.5 Å². The Labute approximate surface area is 198 Å². The summed E-state index contributed by atoms with van der Waals surface area (Å²) >= 11 is 6.30. The maximum absolute atomic E-state index is 12.6. The van der Waals surface area contributed by atoms with Gasteiger partial charge in [-0.1, -0.05) is 61.0 Å². The maximum atomic E-state index is 12.6. The van der Waals surface area contributed by atoms with Crippen LogP contribution in [0.4, 0.5) is 4.79 Å². The normalized spacial score (nSPS) is 11.5. The molecule has 0 aliphatic heterocycles. The predicted molar refractivity (Wildman–Crippen MR) is 130 cm³/mol. The molecule has 0 radical (unpaired) electrons. The summed E-state index contributed by atoms with van der Waals surface area (Å²) in [4.78, 5) is 23.8. The molecule has 0 heterocycles. The van der Waals surface area contributed by atoms with E-state index in [2.05, 4.69) is 10.6 Å². The van der Waals surface area contributed by atoms with E-state index in [-0.39, 0.29) is 18.5 Å². The highest BCUT2D eigenvalue weighted by atomic mass is 35.5. The second kappa shape index (κ2) is 11.4. The van der Waals surface area contributed by atoms with Crippen molar-refractivity contribution in [2.45, 2.75) is 32.4 Å². The van der Waals surface area contributed by atoms with Gasteiger partial charge in [-0.25, -0.2) is 4.79 Å². The van der Waals surface area contributed by atoms with E-state index in [0.717, 1.165) is 22.3 Å².